The van der Waals surface area contributed by atoms with Gasteiger partial charge < -0.3 is 16.6 Å². The van der Waals surface area contributed by atoms with Crippen molar-refractivity contribution in [2.45, 2.75) is 6.04 Å². The van der Waals surface area contributed by atoms with E-state index in [4.69, 9.17) is 16.6 Å². The fourth-order valence-electron chi connectivity index (χ4n) is 1.25. The number of aromatic carboxylic acids is 1. The summed E-state index contributed by atoms with van der Waals surface area (Å²) in [5, 5.41) is 19.4. The number of nitro benzene ring substituents is 1. The second-order valence-corrected chi connectivity index (χ2v) is 3.18. The van der Waals surface area contributed by atoms with Crippen LogP contribution in [0, 0.1) is 10.1 Å². The zero-order valence-electron chi connectivity index (χ0n) is 8.29. The molecule has 0 aromatic heterocycles. The van der Waals surface area contributed by atoms with E-state index in [2.05, 4.69) is 0 Å². The maximum atomic E-state index is 10.8. The third-order valence-corrected chi connectivity index (χ3v) is 2.13. The van der Waals surface area contributed by atoms with E-state index >= 15 is 0 Å². The van der Waals surface area contributed by atoms with Gasteiger partial charge in [0.1, 0.15) is 5.56 Å². The third kappa shape index (κ3) is 2.33. The van der Waals surface area contributed by atoms with Crippen molar-refractivity contribution in [2.75, 3.05) is 6.54 Å². The van der Waals surface area contributed by atoms with Crippen molar-refractivity contribution in [1.29, 1.82) is 0 Å². The Bertz CT molecular complexity index is 433. The van der Waals surface area contributed by atoms with Gasteiger partial charge in [-0.3, -0.25) is 10.1 Å². The molecule has 0 radical (unpaired) electrons. The fourth-order valence-corrected chi connectivity index (χ4v) is 1.25. The molecule has 5 N–H and O–H groups in total. The topological polar surface area (TPSA) is 132 Å². The van der Waals surface area contributed by atoms with Crippen LogP contribution in [0.15, 0.2) is 18.2 Å². The van der Waals surface area contributed by atoms with Crippen LogP contribution in [0.5, 0.6) is 0 Å². The van der Waals surface area contributed by atoms with E-state index in [0.29, 0.717) is 5.56 Å². The van der Waals surface area contributed by atoms with Gasteiger partial charge in [0.25, 0.3) is 5.69 Å². The Morgan fingerprint density at radius 1 is 1.56 bits per heavy atom. The lowest BCUT2D eigenvalue weighted by molar-refractivity contribution is -0.385. The van der Waals surface area contributed by atoms with Gasteiger partial charge in [-0.2, -0.15) is 0 Å². The number of carbonyl (C=O) groups is 1. The van der Waals surface area contributed by atoms with Crippen molar-refractivity contribution in [2.24, 2.45) is 11.5 Å². The lowest BCUT2D eigenvalue weighted by Crippen LogP contribution is -2.21. The molecule has 0 bridgehead atoms. The summed E-state index contributed by atoms with van der Waals surface area (Å²) in [5.74, 6) is -1.36. The summed E-state index contributed by atoms with van der Waals surface area (Å²) in [7, 11) is 0. The largest absolute Gasteiger partial charge is 0.477 e. The Labute approximate surface area is 90.8 Å². The molecule has 7 nitrogen and oxygen atoms in total. The van der Waals surface area contributed by atoms with E-state index in [9.17, 15) is 14.9 Å². The highest BCUT2D eigenvalue weighted by Crippen LogP contribution is 2.22. The van der Waals surface area contributed by atoms with Gasteiger partial charge in [-0.05, 0) is 11.6 Å². The summed E-state index contributed by atoms with van der Waals surface area (Å²) in [5.41, 5.74) is 10.5. The molecule has 0 aliphatic heterocycles. The number of carboxylic acid groups (broad SMARTS) is 1. The molecule has 16 heavy (non-hydrogen) atoms. The van der Waals surface area contributed by atoms with E-state index in [1.165, 1.54) is 12.1 Å². The highest BCUT2D eigenvalue weighted by molar-refractivity contribution is 5.92. The standard InChI is InChI=1S/C9H11N3O4/c10-4-7(11)5-1-2-8(12(15)16)6(3-5)9(13)14/h1-3,7H,4,10-11H2,(H,13,14)/t7-/m0/s1. The molecule has 1 aromatic carbocycles. The minimum Gasteiger partial charge on any atom is -0.477 e. The summed E-state index contributed by atoms with van der Waals surface area (Å²) in [6.45, 7) is 0.136. The van der Waals surface area contributed by atoms with E-state index in [1.54, 1.807) is 0 Å². The monoisotopic (exact) mass is 225 g/mol. The van der Waals surface area contributed by atoms with Crippen molar-refractivity contribution in [3.63, 3.8) is 0 Å². The van der Waals surface area contributed by atoms with Crippen molar-refractivity contribution in [1.82, 2.24) is 0 Å². The van der Waals surface area contributed by atoms with Crippen LogP contribution in [0.1, 0.15) is 22.0 Å². The van der Waals surface area contributed by atoms with Gasteiger partial charge in [-0.25, -0.2) is 4.79 Å². The SMILES string of the molecule is NC[C@H](N)c1ccc([N+](=O)[O-])c(C(=O)O)c1. The molecular formula is C9H11N3O4. The molecule has 0 aliphatic carbocycles. The molecule has 1 atom stereocenters. The van der Waals surface area contributed by atoms with Gasteiger partial charge in [0.2, 0.25) is 0 Å². The minimum atomic E-state index is -1.36. The van der Waals surface area contributed by atoms with Crippen LogP contribution < -0.4 is 11.5 Å². The first-order valence-electron chi connectivity index (χ1n) is 4.44. The molecule has 0 amide bonds. The zero-order valence-corrected chi connectivity index (χ0v) is 8.29. The number of rotatable bonds is 4. The molecule has 0 fully saturated rings. The molecule has 0 aliphatic rings. The predicted octanol–water partition coefficient (Wildman–Crippen LogP) is 0.252. The van der Waals surface area contributed by atoms with Crippen molar-refractivity contribution >= 4 is 11.7 Å². The van der Waals surface area contributed by atoms with Gasteiger partial charge >= 0.3 is 5.97 Å². The van der Waals surface area contributed by atoms with Crippen molar-refractivity contribution in [3.05, 3.63) is 39.4 Å². The van der Waals surface area contributed by atoms with Crippen LogP contribution in [-0.4, -0.2) is 22.5 Å². The van der Waals surface area contributed by atoms with Gasteiger partial charge in [0.05, 0.1) is 4.92 Å². The molecule has 0 saturated carbocycles. The van der Waals surface area contributed by atoms with Crippen LogP contribution in [0.2, 0.25) is 0 Å². The Hall–Kier alpha value is -1.99. The molecule has 7 heteroatoms. The number of carboxylic acids is 1. The number of nitrogens with zero attached hydrogens (tertiary/aromatic N) is 1. The Morgan fingerprint density at radius 2 is 2.19 bits per heavy atom. The second-order valence-electron chi connectivity index (χ2n) is 3.18. The summed E-state index contributed by atoms with van der Waals surface area (Å²) < 4.78 is 0. The number of nitrogens with two attached hydrogens (primary N) is 2. The first kappa shape index (κ1) is 12.1. The van der Waals surface area contributed by atoms with E-state index in [1.807, 2.05) is 0 Å². The maximum Gasteiger partial charge on any atom is 0.342 e. The van der Waals surface area contributed by atoms with Gasteiger partial charge in [-0.15, -0.1) is 0 Å². The predicted molar refractivity (Wildman–Crippen MR) is 56.0 cm³/mol. The van der Waals surface area contributed by atoms with Crippen LogP contribution >= 0.6 is 0 Å². The highest BCUT2D eigenvalue weighted by atomic mass is 16.6. The molecule has 0 unspecified atom stereocenters. The molecule has 0 spiro atoms. The molecule has 1 aromatic rings. The lowest BCUT2D eigenvalue weighted by Gasteiger charge is -2.09. The van der Waals surface area contributed by atoms with Crippen LogP contribution in [0.4, 0.5) is 5.69 Å². The van der Waals surface area contributed by atoms with Gasteiger partial charge in [0.15, 0.2) is 0 Å². The first-order chi connectivity index (χ1) is 7.47. The summed E-state index contributed by atoms with van der Waals surface area (Å²) in [6, 6.07) is 3.17. The van der Waals surface area contributed by atoms with Crippen LogP contribution in [0.25, 0.3) is 0 Å². The van der Waals surface area contributed by atoms with Crippen molar-refractivity contribution in [3.8, 4) is 0 Å². The smallest absolute Gasteiger partial charge is 0.342 e. The second kappa shape index (κ2) is 4.69. The van der Waals surface area contributed by atoms with E-state index < -0.39 is 22.6 Å². The zero-order chi connectivity index (χ0) is 12.3. The van der Waals surface area contributed by atoms with E-state index in [0.717, 1.165) is 6.07 Å². The number of benzene rings is 1. The maximum absolute atomic E-state index is 10.8. The van der Waals surface area contributed by atoms with Gasteiger partial charge in [0, 0.05) is 18.7 Å². The normalized spacial score (nSPS) is 12.1. The fraction of sp³-hybridized carbons (Fsp3) is 0.222. The van der Waals surface area contributed by atoms with Crippen molar-refractivity contribution < 1.29 is 14.8 Å². The quantitative estimate of drug-likeness (QED) is 0.497. The Morgan fingerprint density at radius 3 is 2.62 bits per heavy atom. The molecule has 0 saturated heterocycles. The summed E-state index contributed by atoms with van der Waals surface area (Å²) in [4.78, 5) is 20.6. The lowest BCUT2D eigenvalue weighted by atomic mass is 10.0. The average Bonchev–Trinajstić information content (AvgIpc) is 2.26. The summed E-state index contributed by atoms with van der Waals surface area (Å²) >= 11 is 0. The van der Waals surface area contributed by atoms with E-state index in [-0.39, 0.29) is 12.1 Å². The first-order valence-corrected chi connectivity index (χ1v) is 4.44. The summed E-state index contributed by atoms with van der Waals surface area (Å²) in [6.07, 6.45) is 0. The van der Waals surface area contributed by atoms with Gasteiger partial charge in [-0.1, -0.05) is 6.07 Å². The number of hydrogen-bond acceptors (Lipinski definition) is 5. The molecule has 86 valence electrons. The van der Waals surface area contributed by atoms with Crippen LogP contribution in [-0.2, 0) is 0 Å². The molecular weight excluding hydrogens is 214 g/mol. The van der Waals surface area contributed by atoms with Crippen LogP contribution in [0.3, 0.4) is 0 Å². The number of nitro groups is 1. The minimum absolute atomic E-state index is 0.136. The third-order valence-electron chi connectivity index (χ3n) is 2.13. The Balaban J connectivity index is 3.28. The number of hydrogen-bond donors (Lipinski definition) is 3. The average molecular weight is 225 g/mol. The molecule has 1 rings (SSSR count). The Kier molecular flexibility index (Phi) is 3.54. The molecule has 0 heterocycles. The highest BCUT2D eigenvalue weighted by Gasteiger charge is 2.20.